The third-order valence-electron chi connectivity index (χ3n) is 4.67. The van der Waals surface area contributed by atoms with E-state index in [1.165, 1.54) is 25.2 Å². The fourth-order valence-electron chi connectivity index (χ4n) is 3.33. The zero-order chi connectivity index (χ0) is 18.5. The summed E-state index contributed by atoms with van der Waals surface area (Å²) in [6.45, 7) is 1.92. The van der Waals surface area contributed by atoms with Gasteiger partial charge in [0, 0.05) is 20.1 Å². The first kappa shape index (κ1) is 17.6. The summed E-state index contributed by atoms with van der Waals surface area (Å²) in [7, 11) is -2.62. The van der Waals surface area contributed by atoms with Gasteiger partial charge in [-0.3, -0.25) is 19.3 Å². The molecular formula is C16H18N2O6S. The molecule has 8 nitrogen and oxygen atoms in total. The maximum Gasteiger partial charge on any atom is 0.307 e. The summed E-state index contributed by atoms with van der Waals surface area (Å²) in [6, 6.07) is 3.81. The number of hydrogen-bond acceptors (Lipinski definition) is 5. The molecule has 1 saturated heterocycles. The van der Waals surface area contributed by atoms with Crippen LogP contribution in [-0.4, -0.2) is 60.7 Å². The van der Waals surface area contributed by atoms with Gasteiger partial charge in [0.2, 0.25) is 10.0 Å². The summed E-state index contributed by atoms with van der Waals surface area (Å²) in [5.41, 5.74) is 0.218. The molecule has 0 aliphatic carbocycles. The molecule has 2 amide bonds. The summed E-state index contributed by atoms with van der Waals surface area (Å²) in [6.07, 6.45) is 0.420. The van der Waals surface area contributed by atoms with Crippen LogP contribution in [0.3, 0.4) is 0 Å². The van der Waals surface area contributed by atoms with Crippen LogP contribution in [0.4, 0.5) is 0 Å². The number of carboxylic acids is 1. The van der Waals surface area contributed by atoms with Crippen molar-refractivity contribution in [3.63, 3.8) is 0 Å². The molecule has 134 valence electrons. The first-order valence-electron chi connectivity index (χ1n) is 7.82. The van der Waals surface area contributed by atoms with Gasteiger partial charge in [0.25, 0.3) is 11.8 Å². The molecule has 1 N–H and O–H groups in total. The molecule has 0 saturated carbocycles. The molecule has 2 atom stereocenters. The Morgan fingerprint density at radius 3 is 2.44 bits per heavy atom. The minimum Gasteiger partial charge on any atom is -0.481 e. The number of aliphatic carboxylic acids is 1. The van der Waals surface area contributed by atoms with Gasteiger partial charge in [0.1, 0.15) is 0 Å². The predicted octanol–water partition coefficient (Wildman–Crippen LogP) is 0.644. The van der Waals surface area contributed by atoms with E-state index in [4.69, 9.17) is 0 Å². The van der Waals surface area contributed by atoms with Gasteiger partial charge in [-0.2, -0.15) is 4.31 Å². The number of nitrogens with zero attached hydrogens (tertiary/aromatic N) is 2. The Hall–Kier alpha value is -2.26. The lowest BCUT2D eigenvalue weighted by Crippen LogP contribution is -2.45. The lowest BCUT2D eigenvalue weighted by Gasteiger charge is -2.33. The van der Waals surface area contributed by atoms with Gasteiger partial charge in [0.15, 0.2) is 0 Å². The van der Waals surface area contributed by atoms with Crippen LogP contribution in [0.2, 0.25) is 0 Å². The van der Waals surface area contributed by atoms with E-state index in [0.717, 1.165) is 9.21 Å². The Balaban J connectivity index is 1.97. The second-order valence-electron chi connectivity index (χ2n) is 6.57. The molecule has 9 heteroatoms. The Kier molecular flexibility index (Phi) is 4.16. The Morgan fingerprint density at radius 2 is 1.80 bits per heavy atom. The maximum atomic E-state index is 12.9. The number of hydrogen-bond donors (Lipinski definition) is 1. The SMILES string of the molecule is CC1CC(C(=O)O)CN(S(=O)(=O)c2ccc3c(c2)C(=O)N(C)C3=O)C1. The number of benzene rings is 1. The van der Waals surface area contributed by atoms with Crippen molar-refractivity contribution < 1.29 is 27.9 Å². The lowest BCUT2D eigenvalue weighted by molar-refractivity contribution is -0.143. The quantitative estimate of drug-likeness (QED) is 0.786. The van der Waals surface area contributed by atoms with E-state index in [1.807, 2.05) is 0 Å². The summed E-state index contributed by atoms with van der Waals surface area (Å²) < 4.78 is 26.9. The molecule has 0 spiro atoms. The van der Waals surface area contributed by atoms with Gasteiger partial charge >= 0.3 is 5.97 Å². The van der Waals surface area contributed by atoms with Gasteiger partial charge in [-0.05, 0) is 30.5 Å². The van der Waals surface area contributed by atoms with Crippen molar-refractivity contribution in [1.82, 2.24) is 9.21 Å². The smallest absolute Gasteiger partial charge is 0.307 e. The van der Waals surface area contributed by atoms with E-state index in [1.54, 1.807) is 6.92 Å². The van der Waals surface area contributed by atoms with Gasteiger partial charge in [0.05, 0.1) is 21.9 Å². The molecular weight excluding hydrogens is 348 g/mol. The third-order valence-corrected chi connectivity index (χ3v) is 6.50. The number of amides is 2. The molecule has 0 radical (unpaired) electrons. The van der Waals surface area contributed by atoms with E-state index in [2.05, 4.69) is 0 Å². The molecule has 3 rings (SSSR count). The zero-order valence-corrected chi connectivity index (χ0v) is 14.6. The number of imide groups is 1. The highest BCUT2D eigenvalue weighted by Gasteiger charge is 2.38. The van der Waals surface area contributed by atoms with E-state index in [-0.39, 0.29) is 35.0 Å². The molecule has 2 unspecified atom stereocenters. The van der Waals surface area contributed by atoms with Crippen molar-refractivity contribution in [2.75, 3.05) is 20.1 Å². The number of carbonyl (C=O) groups excluding carboxylic acids is 2. The van der Waals surface area contributed by atoms with Crippen molar-refractivity contribution >= 4 is 27.8 Å². The number of piperidine rings is 1. The summed E-state index contributed by atoms with van der Waals surface area (Å²) >= 11 is 0. The minimum atomic E-state index is -3.95. The molecule has 0 aromatic heterocycles. The highest BCUT2D eigenvalue weighted by Crippen LogP contribution is 2.30. The number of fused-ring (bicyclic) bond motifs is 1. The standard InChI is InChI=1S/C16H18N2O6S/c1-9-5-10(16(21)22)8-18(7-9)25(23,24)11-3-4-12-13(6-11)15(20)17(2)14(12)19/h3-4,6,9-10H,5,7-8H2,1-2H3,(H,21,22). The average molecular weight is 366 g/mol. The van der Waals surface area contributed by atoms with E-state index < -0.39 is 33.7 Å². The van der Waals surface area contributed by atoms with Crippen molar-refractivity contribution in [2.45, 2.75) is 18.2 Å². The van der Waals surface area contributed by atoms with Crippen LogP contribution in [0.25, 0.3) is 0 Å². The first-order valence-corrected chi connectivity index (χ1v) is 9.26. The van der Waals surface area contributed by atoms with Crippen molar-refractivity contribution in [1.29, 1.82) is 0 Å². The van der Waals surface area contributed by atoms with Crippen molar-refractivity contribution in [3.05, 3.63) is 29.3 Å². The first-order chi connectivity index (χ1) is 11.6. The molecule has 2 aliphatic rings. The Labute approximate surface area is 145 Å². The van der Waals surface area contributed by atoms with Crippen LogP contribution >= 0.6 is 0 Å². The predicted molar refractivity (Wildman–Crippen MR) is 86.5 cm³/mol. The molecule has 2 heterocycles. The number of carbonyl (C=O) groups is 3. The van der Waals surface area contributed by atoms with Crippen LogP contribution in [0.1, 0.15) is 34.1 Å². The largest absolute Gasteiger partial charge is 0.481 e. The highest BCUT2D eigenvalue weighted by atomic mass is 32.2. The maximum absolute atomic E-state index is 12.9. The van der Waals surface area contributed by atoms with Crippen molar-refractivity contribution in [3.8, 4) is 0 Å². The molecule has 1 fully saturated rings. The van der Waals surface area contributed by atoms with E-state index >= 15 is 0 Å². The van der Waals surface area contributed by atoms with Gasteiger partial charge < -0.3 is 5.11 Å². The second-order valence-corrected chi connectivity index (χ2v) is 8.51. The normalized spacial score (nSPS) is 24.5. The summed E-state index contributed by atoms with van der Waals surface area (Å²) in [5.74, 6) is -2.90. The summed E-state index contributed by atoms with van der Waals surface area (Å²) in [5, 5.41) is 9.22. The minimum absolute atomic E-state index is 0.0495. The van der Waals surface area contributed by atoms with Crippen LogP contribution in [0.5, 0.6) is 0 Å². The molecule has 25 heavy (non-hydrogen) atoms. The van der Waals surface area contributed by atoms with Gasteiger partial charge in [-0.1, -0.05) is 6.92 Å². The molecule has 0 bridgehead atoms. The molecule has 2 aliphatic heterocycles. The average Bonchev–Trinajstić information content (AvgIpc) is 2.78. The monoisotopic (exact) mass is 366 g/mol. The summed E-state index contributed by atoms with van der Waals surface area (Å²) in [4.78, 5) is 36.1. The lowest BCUT2D eigenvalue weighted by atomic mass is 9.92. The Morgan fingerprint density at radius 1 is 1.16 bits per heavy atom. The number of sulfonamides is 1. The molecule has 1 aromatic rings. The fourth-order valence-corrected chi connectivity index (χ4v) is 4.96. The highest BCUT2D eigenvalue weighted by molar-refractivity contribution is 7.89. The fraction of sp³-hybridized carbons (Fsp3) is 0.438. The van der Waals surface area contributed by atoms with E-state index in [0.29, 0.717) is 6.42 Å². The zero-order valence-electron chi connectivity index (χ0n) is 13.8. The van der Waals surface area contributed by atoms with Crippen LogP contribution < -0.4 is 0 Å². The number of carboxylic acid groups (broad SMARTS) is 1. The van der Waals surface area contributed by atoms with Crippen LogP contribution in [0.15, 0.2) is 23.1 Å². The molecule has 1 aromatic carbocycles. The van der Waals surface area contributed by atoms with Crippen molar-refractivity contribution in [2.24, 2.45) is 11.8 Å². The van der Waals surface area contributed by atoms with Gasteiger partial charge in [-0.25, -0.2) is 8.42 Å². The van der Waals surface area contributed by atoms with E-state index in [9.17, 15) is 27.9 Å². The Bertz CT molecular complexity index is 879. The topological polar surface area (TPSA) is 112 Å². The third kappa shape index (κ3) is 2.83. The van der Waals surface area contributed by atoms with Crippen LogP contribution in [0, 0.1) is 11.8 Å². The van der Waals surface area contributed by atoms with Gasteiger partial charge in [-0.15, -0.1) is 0 Å². The van der Waals surface area contributed by atoms with Crippen LogP contribution in [-0.2, 0) is 14.8 Å². The second kappa shape index (κ2) is 5.92. The number of rotatable bonds is 3.